The van der Waals surface area contributed by atoms with Crippen LogP contribution in [0.3, 0.4) is 0 Å². The van der Waals surface area contributed by atoms with Gasteiger partial charge in [-0.15, -0.1) is 0 Å². The third-order valence-electron chi connectivity index (χ3n) is 1.64. The standard InChI is InChI=1S/C8H6ClFO/c9-5-1-2-6(7(10)3-5)8-4-11-8/h1-3,8H,4H2. The minimum Gasteiger partial charge on any atom is -0.368 e. The Kier molecular flexibility index (Phi) is 1.59. The Morgan fingerprint density at radius 1 is 1.55 bits per heavy atom. The van der Waals surface area contributed by atoms with Crippen LogP contribution in [0.5, 0.6) is 0 Å². The number of epoxide rings is 1. The number of benzene rings is 1. The highest BCUT2D eigenvalue weighted by Crippen LogP contribution is 2.32. The van der Waals surface area contributed by atoms with Crippen LogP contribution in [0.2, 0.25) is 5.02 Å². The molecule has 2 rings (SSSR count). The molecule has 1 heterocycles. The largest absolute Gasteiger partial charge is 0.368 e. The Morgan fingerprint density at radius 2 is 2.27 bits per heavy atom. The van der Waals surface area contributed by atoms with Crippen molar-refractivity contribution in [3.63, 3.8) is 0 Å². The molecule has 0 spiro atoms. The van der Waals surface area contributed by atoms with E-state index in [1.807, 2.05) is 0 Å². The zero-order valence-electron chi connectivity index (χ0n) is 5.68. The van der Waals surface area contributed by atoms with Gasteiger partial charge in [0.1, 0.15) is 11.9 Å². The van der Waals surface area contributed by atoms with Gasteiger partial charge < -0.3 is 4.74 Å². The second-order valence-electron chi connectivity index (χ2n) is 2.49. The maximum absolute atomic E-state index is 13.0. The molecule has 58 valence electrons. The Labute approximate surface area is 68.7 Å². The molecule has 0 aromatic heterocycles. The van der Waals surface area contributed by atoms with Crippen LogP contribution in [0.4, 0.5) is 4.39 Å². The van der Waals surface area contributed by atoms with E-state index in [1.165, 1.54) is 6.07 Å². The maximum atomic E-state index is 13.0. The molecule has 0 saturated carbocycles. The zero-order valence-corrected chi connectivity index (χ0v) is 6.44. The minimum atomic E-state index is -0.278. The molecule has 0 aliphatic carbocycles. The highest BCUT2D eigenvalue weighted by molar-refractivity contribution is 6.30. The number of hydrogen-bond donors (Lipinski definition) is 0. The molecule has 0 N–H and O–H groups in total. The molecule has 0 radical (unpaired) electrons. The van der Waals surface area contributed by atoms with E-state index in [0.29, 0.717) is 17.2 Å². The molecule has 0 bridgehead atoms. The first kappa shape index (κ1) is 7.07. The lowest BCUT2D eigenvalue weighted by atomic mass is 10.1. The zero-order chi connectivity index (χ0) is 7.84. The van der Waals surface area contributed by atoms with E-state index >= 15 is 0 Å². The molecule has 1 aliphatic heterocycles. The van der Waals surface area contributed by atoms with Gasteiger partial charge in [-0.05, 0) is 12.1 Å². The van der Waals surface area contributed by atoms with E-state index in [9.17, 15) is 4.39 Å². The molecular weight excluding hydrogens is 167 g/mol. The van der Waals surface area contributed by atoms with E-state index in [1.54, 1.807) is 12.1 Å². The maximum Gasteiger partial charge on any atom is 0.130 e. The number of hydrogen-bond acceptors (Lipinski definition) is 1. The molecular formula is C8H6ClFO. The number of halogens is 2. The Balaban J connectivity index is 2.39. The van der Waals surface area contributed by atoms with E-state index in [2.05, 4.69) is 0 Å². The molecule has 1 unspecified atom stereocenters. The summed E-state index contributed by atoms with van der Waals surface area (Å²) < 4.78 is 17.9. The summed E-state index contributed by atoms with van der Waals surface area (Å²) in [7, 11) is 0. The molecule has 1 aromatic carbocycles. The molecule has 1 nitrogen and oxygen atoms in total. The van der Waals surface area contributed by atoms with E-state index in [-0.39, 0.29) is 11.9 Å². The lowest BCUT2D eigenvalue weighted by Crippen LogP contribution is -1.86. The van der Waals surface area contributed by atoms with Crippen molar-refractivity contribution < 1.29 is 9.13 Å². The monoisotopic (exact) mass is 172 g/mol. The molecule has 1 aromatic rings. The summed E-state index contributed by atoms with van der Waals surface area (Å²) in [5.74, 6) is -0.278. The number of rotatable bonds is 1. The fraction of sp³-hybridized carbons (Fsp3) is 0.250. The van der Waals surface area contributed by atoms with Crippen LogP contribution in [0.1, 0.15) is 11.7 Å². The van der Waals surface area contributed by atoms with Gasteiger partial charge in [-0.3, -0.25) is 0 Å². The van der Waals surface area contributed by atoms with Crippen LogP contribution in [0, 0.1) is 5.82 Å². The second-order valence-corrected chi connectivity index (χ2v) is 2.92. The molecule has 1 saturated heterocycles. The van der Waals surface area contributed by atoms with Crippen molar-refractivity contribution in [2.24, 2.45) is 0 Å². The van der Waals surface area contributed by atoms with Gasteiger partial charge in [0.05, 0.1) is 6.61 Å². The molecule has 11 heavy (non-hydrogen) atoms. The van der Waals surface area contributed by atoms with Crippen LogP contribution in [-0.4, -0.2) is 6.61 Å². The summed E-state index contributed by atoms with van der Waals surface area (Å²) in [6, 6.07) is 4.63. The van der Waals surface area contributed by atoms with Gasteiger partial charge in [-0.1, -0.05) is 17.7 Å². The van der Waals surface area contributed by atoms with Gasteiger partial charge in [-0.25, -0.2) is 4.39 Å². The van der Waals surface area contributed by atoms with Crippen molar-refractivity contribution in [3.05, 3.63) is 34.6 Å². The Hall–Kier alpha value is -0.600. The second kappa shape index (κ2) is 2.47. The normalized spacial score (nSPS) is 21.8. The molecule has 3 heteroatoms. The van der Waals surface area contributed by atoms with Gasteiger partial charge in [-0.2, -0.15) is 0 Å². The van der Waals surface area contributed by atoms with Crippen LogP contribution in [-0.2, 0) is 4.74 Å². The first-order valence-corrected chi connectivity index (χ1v) is 3.72. The molecule has 0 amide bonds. The summed E-state index contributed by atoms with van der Waals surface area (Å²) in [4.78, 5) is 0. The topological polar surface area (TPSA) is 12.5 Å². The SMILES string of the molecule is Fc1cc(Cl)ccc1C1CO1. The Morgan fingerprint density at radius 3 is 2.82 bits per heavy atom. The average molecular weight is 173 g/mol. The predicted molar refractivity (Wildman–Crippen MR) is 40.1 cm³/mol. The minimum absolute atomic E-state index is 0.0349. The summed E-state index contributed by atoms with van der Waals surface area (Å²) in [6.07, 6.45) is -0.0349. The van der Waals surface area contributed by atoms with Gasteiger partial charge in [0.15, 0.2) is 0 Å². The lowest BCUT2D eigenvalue weighted by Gasteiger charge is -1.97. The van der Waals surface area contributed by atoms with Gasteiger partial charge in [0.2, 0.25) is 0 Å². The van der Waals surface area contributed by atoms with Crippen LogP contribution < -0.4 is 0 Å². The van der Waals surface area contributed by atoms with Gasteiger partial charge in [0, 0.05) is 10.6 Å². The van der Waals surface area contributed by atoms with E-state index in [0.717, 1.165) is 0 Å². The predicted octanol–water partition coefficient (Wildman–Crippen LogP) is 2.55. The van der Waals surface area contributed by atoms with Crippen molar-refractivity contribution in [2.75, 3.05) is 6.61 Å². The highest BCUT2D eigenvalue weighted by atomic mass is 35.5. The van der Waals surface area contributed by atoms with Crippen LogP contribution in [0.15, 0.2) is 18.2 Å². The van der Waals surface area contributed by atoms with E-state index < -0.39 is 0 Å². The third-order valence-corrected chi connectivity index (χ3v) is 1.88. The molecule has 1 atom stereocenters. The van der Waals surface area contributed by atoms with Crippen molar-refractivity contribution in [1.29, 1.82) is 0 Å². The van der Waals surface area contributed by atoms with E-state index in [4.69, 9.17) is 16.3 Å². The van der Waals surface area contributed by atoms with Crippen LogP contribution >= 0.6 is 11.6 Å². The Bertz CT molecular complexity index is 283. The molecule has 1 fully saturated rings. The first-order valence-electron chi connectivity index (χ1n) is 3.34. The van der Waals surface area contributed by atoms with Crippen molar-refractivity contribution in [3.8, 4) is 0 Å². The van der Waals surface area contributed by atoms with Gasteiger partial charge in [0.25, 0.3) is 0 Å². The third kappa shape index (κ3) is 1.37. The average Bonchev–Trinajstić information content (AvgIpc) is 2.70. The summed E-state index contributed by atoms with van der Waals surface area (Å²) >= 11 is 5.56. The van der Waals surface area contributed by atoms with Crippen molar-refractivity contribution in [1.82, 2.24) is 0 Å². The summed E-state index contributed by atoms with van der Waals surface area (Å²) in [5.41, 5.74) is 0.606. The highest BCUT2D eigenvalue weighted by Gasteiger charge is 2.27. The summed E-state index contributed by atoms with van der Waals surface area (Å²) in [6.45, 7) is 0.624. The van der Waals surface area contributed by atoms with Crippen molar-refractivity contribution in [2.45, 2.75) is 6.10 Å². The summed E-state index contributed by atoms with van der Waals surface area (Å²) in [5, 5.41) is 0.423. The van der Waals surface area contributed by atoms with Gasteiger partial charge >= 0.3 is 0 Å². The fourth-order valence-electron chi connectivity index (χ4n) is 0.990. The van der Waals surface area contributed by atoms with Crippen molar-refractivity contribution >= 4 is 11.6 Å². The lowest BCUT2D eigenvalue weighted by molar-refractivity contribution is 0.408. The fourth-order valence-corrected chi connectivity index (χ4v) is 1.15. The first-order chi connectivity index (χ1) is 5.27. The smallest absolute Gasteiger partial charge is 0.130 e. The molecule has 1 aliphatic rings. The number of ether oxygens (including phenoxy) is 1. The quantitative estimate of drug-likeness (QED) is 0.593. The van der Waals surface area contributed by atoms with Crippen LogP contribution in [0.25, 0.3) is 0 Å².